The third-order valence-corrected chi connectivity index (χ3v) is 5.60. The molecule has 1 aromatic carbocycles. The molecule has 1 atom stereocenters. The van der Waals surface area contributed by atoms with Crippen molar-refractivity contribution >= 4 is 23.7 Å². The van der Waals surface area contributed by atoms with Crippen molar-refractivity contribution in [3.05, 3.63) is 58.1 Å². The Bertz CT molecular complexity index is 1050. The second-order valence-corrected chi connectivity index (χ2v) is 9.60. The third-order valence-electron chi connectivity index (χ3n) is 5.30. The monoisotopic (exact) mass is 493 g/mol. The maximum Gasteiger partial charge on any atom is 0.410 e. The second-order valence-electron chi connectivity index (χ2n) is 9.19. The number of aromatic carboxylic acids is 1. The molecular formula is C24H29ClFN3O5. The maximum absolute atomic E-state index is 14.2. The van der Waals surface area contributed by atoms with Gasteiger partial charge < -0.3 is 19.5 Å². The normalized spacial score (nSPS) is 15.6. The molecule has 1 amide bonds. The Balaban J connectivity index is 1.74. The number of carboxylic acids is 1. The lowest BCUT2D eigenvalue weighted by atomic mass is 10.1. The van der Waals surface area contributed by atoms with E-state index in [9.17, 15) is 19.1 Å². The number of halogens is 2. The number of aromatic nitrogens is 1. The van der Waals surface area contributed by atoms with Gasteiger partial charge in [-0.3, -0.25) is 4.90 Å². The van der Waals surface area contributed by atoms with Crippen molar-refractivity contribution in [1.82, 2.24) is 14.8 Å². The van der Waals surface area contributed by atoms with E-state index in [0.29, 0.717) is 49.6 Å². The maximum atomic E-state index is 14.2. The Morgan fingerprint density at radius 1 is 1.21 bits per heavy atom. The summed E-state index contributed by atoms with van der Waals surface area (Å²) < 4.78 is 25.8. The van der Waals surface area contributed by atoms with Crippen LogP contribution in [0.15, 0.2) is 30.5 Å². The Morgan fingerprint density at radius 3 is 2.44 bits per heavy atom. The fraction of sp³-hybridized carbons (Fsp3) is 0.458. The van der Waals surface area contributed by atoms with E-state index in [4.69, 9.17) is 21.1 Å². The number of hydrogen-bond donors (Lipinski definition) is 1. The van der Waals surface area contributed by atoms with Crippen molar-refractivity contribution in [2.45, 2.75) is 39.4 Å². The Morgan fingerprint density at radius 2 is 1.88 bits per heavy atom. The molecule has 1 fully saturated rings. The van der Waals surface area contributed by atoms with Gasteiger partial charge in [0, 0.05) is 32.7 Å². The zero-order valence-corrected chi connectivity index (χ0v) is 20.4. The number of rotatable bonds is 6. The average Bonchev–Trinajstić information content (AvgIpc) is 2.74. The van der Waals surface area contributed by atoms with Gasteiger partial charge in [0.1, 0.15) is 23.3 Å². The van der Waals surface area contributed by atoms with Crippen molar-refractivity contribution in [1.29, 1.82) is 0 Å². The van der Waals surface area contributed by atoms with E-state index in [1.807, 2.05) is 20.8 Å². The highest BCUT2D eigenvalue weighted by Crippen LogP contribution is 2.27. The zero-order chi connectivity index (χ0) is 25.0. The molecular weight excluding hydrogens is 465 g/mol. The molecule has 0 saturated carbocycles. The largest absolute Gasteiger partial charge is 0.483 e. The number of hydrogen-bond acceptors (Lipinski definition) is 6. The summed E-state index contributed by atoms with van der Waals surface area (Å²) in [4.78, 5) is 31.3. The van der Waals surface area contributed by atoms with Crippen LogP contribution in [0.5, 0.6) is 5.75 Å². The summed E-state index contributed by atoms with van der Waals surface area (Å²) in [5, 5.41) is 9.22. The van der Waals surface area contributed by atoms with Crippen molar-refractivity contribution in [2.75, 3.05) is 32.7 Å². The van der Waals surface area contributed by atoms with Crippen LogP contribution >= 0.6 is 11.6 Å². The smallest absolute Gasteiger partial charge is 0.410 e. The van der Waals surface area contributed by atoms with Gasteiger partial charge in [0.15, 0.2) is 5.69 Å². The van der Waals surface area contributed by atoms with Crippen molar-refractivity contribution in [3.8, 4) is 5.75 Å². The summed E-state index contributed by atoms with van der Waals surface area (Å²) in [6.07, 6.45) is 0.424. The predicted molar refractivity (Wildman–Crippen MR) is 125 cm³/mol. The molecule has 1 aliphatic heterocycles. The molecule has 0 bridgehead atoms. The van der Waals surface area contributed by atoms with Crippen LogP contribution in [0.1, 0.15) is 48.5 Å². The van der Waals surface area contributed by atoms with Gasteiger partial charge in [-0.1, -0.05) is 17.7 Å². The predicted octanol–water partition coefficient (Wildman–Crippen LogP) is 4.55. The van der Waals surface area contributed by atoms with E-state index in [-0.39, 0.29) is 16.8 Å². The molecule has 0 radical (unpaired) electrons. The number of aryl methyl sites for hydroxylation is 1. The lowest BCUT2D eigenvalue weighted by molar-refractivity contribution is 0.0111. The van der Waals surface area contributed by atoms with Crippen LogP contribution in [-0.2, 0) is 4.74 Å². The number of carboxylic acid groups (broad SMARTS) is 1. The first-order valence-electron chi connectivity index (χ1n) is 10.9. The molecule has 184 valence electrons. The van der Waals surface area contributed by atoms with Gasteiger partial charge in [0.05, 0.1) is 11.2 Å². The van der Waals surface area contributed by atoms with Crippen LogP contribution in [0.25, 0.3) is 0 Å². The second kappa shape index (κ2) is 10.6. The SMILES string of the molecule is Cc1cc(O[C@H](CN2CCN(C(=O)OC(C)(C)C)CC2)c2ccc(Cl)c(F)c2)cnc1C(=O)O. The Labute approximate surface area is 203 Å². The molecule has 1 aromatic heterocycles. The van der Waals surface area contributed by atoms with Crippen LogP contribution in [0.4, 0.5) is 9.18 Å². The van der Waals surface area contributed by atoms with Crippen LogP contribution in [0.2, 0.25) is 5.02 Å². The molecule has 1 N–H and O–H groups in total. The Kier molecular flexibility index (Phi) is 7.99. The van der Waals surface area contributed by atoms with Gasteiger partial charge in [-0.05, 0) is 57.0 Å². The summed E-state index contributed by atoms with van der Waals surface area (Å²) in [5.74, 6) is -1.31. The van der Waals surface area contributed by atoms with Gasteiger partial charge in [0.25, 0.3) is 0 Å². The molecule has 3 rings (SSSR count). The van der Waals surface area contributed by atoms with Gasteiger partial charge in [-0.25, -0.2) is 19.0 Å². The molecule has 10 heteroatoms. The van der Waals surface area contributed by atoms with E-state index < -0.39 is 23.5 Å². The molecule has 0 spiro atoms. The minimum absolute atomic E-state index is 0.0109. The van der Waals surface area contributed by atoms with Gasteiger partial charge in [0.2, 0.25) is 0 Å². The standard InChI is InChI=1S/C24H29ClFN3O5/c1-15-11-17(13-27-21(15)22(30)31)33-20(16-5-6-18(25)19(26)12-16)14-28-7-9-29(10-8-28)23(32)34-24(2,3)4/h5-6,11-13,20H,7-10,14H2,1-4H3,(H,30,31)/t20-/m1/s1. The van der Waals surface area contributed by atoms with Crippen molar-refractivity contribution < 1.29 is 28.6 Å². The first-order chi connectivity index (χ1) is 15.9. The lowest BCUT2D eigenvalue weighted by Crippen LogP contribution is -2.51. The van der Waals surface area contributed by atoms with E-state index in [1.165, 1.54) is 18.3 Å². The van der Waals surface area contributed by atoms with E-state index in [0.717, 1.165) is 0 Å². The number of nitrogens with zero attached hydrogens (tertiary/aromatic N) is 3. The topological polar surface area (TPSA) is 92.2 Å². The van der Waals surface area contributed by atoms with E-state index in [1.54, 1.807) is 24.0 Å². The molecule has 0 unspecified atom stereocenters. The summed E-state index contributed by atoms with van der Waals surface area (Å²) in [6, 6.07) is 6.09. The highest BCUT2D eigenvalue weighted by molar-refractivity contribution is 6.30. The van der Waals surface area contributed by atoms with Crippen LogP contribution in [-0.4, -0.2) is 70.3 Å². The van der Waals surface area contributed by atoms with E-state index >= 15 is 0 Å². The van der Waals surface area contributed by atoms with Crippen LogP contribution in [0, 0.1) is 12.7 Å². The van der Waals surface area contributed by atoms with Gasteiger partial charge in [-0.15, -0.1) is 0 Å². The van der Waals surface area contributed by atoms with E-state index in [2.05, 4.69) is 9.88 Å². The minimum atomic E-state index is -1.12. The van der Waals surface area contributed by atoms with Gasteiger partial charge >= 0.3 is 12.1 Å². The zero-order valence-electron chi connectivity index (χ0n) is 19.7. The number of benzene rings is 1. The number of amides is 1. The van der Waals surface area contributed by atoms with Crippen LogP contribution < -0.4 is 4.74 Å². The summed E-state index contributed by atoms with van der Waals surface area (Å²) in [7, 11) is 0. The third kappa shape index (κ3) is 6.80. The lowest BCUT2D eigenvalue weighted by Gasteiger charge is -2.37. The highest BCUT2D eigenvalue weighted by Gasteiger charge is 2.28. The summed E-state index contributed by atoms with van der Waals surface area (Å²) in [5.41, 5.74) is 0.418. The fourth-order valence-electron chi connectivity index (χ4n) is 3.60. The molecule has 0 aliphatic carbocycles. The summed E-state index contributed by atoms with van der Waals surface area (Å²) >= 11 is 5.86. The number of ether oxygens (including phenoxy) is 2. The van der Waals surface area contributed by atoms with Crippen LogP contribution in [0.3, 0.4) is 0 Å². The molecule has 34 heavy (non-hydrogen) atoms. The van der Waals surface area contributed by atoms with Crippen molar-refractivity contribution in [2.24, 2.45) is 0 Å². The average molecular weight is 494 g/mol. The minimum Gasteiger partial charge on any atom is -0.483 e. The molecule has 2 aromatic rings. The summed E-state index contributed by atoms with van der Waals surface area (Å²) in [6.45, 7) is 9.69. The number of pyridine rings is 1. The first-order valence-corrected chi connectivity index (χ1v) is 11.3. The molecule has 8 nitrogen and oxygen atoms in total. The first kappa shape index (κ1) is 25.7. The number of carbonyl (C=O) groups excluding carboxylic acids is 1. The van der Waals surface area contributed by atoms with Crippen molar-refractivity contribution in [3.63, 3.8) is 0 Å². The quantitative estimate of drug-likeness (QED) is 0.630. The van der Waals surface area contributed by atoms with Gasteiger partial charge in [-0.2, -0.15) is 0 Å². The highest BCUT2D eigenvalue weighted by atomic mass is 35.5. The molecule has 1 aliphatic rings. The number of carbonyl (C=O) groups is 2. The molecule has 2 heterocycles. The molecule has 1 saturated heterocycles. The fourth-order valence-corrected chi connectivity index (χ4v) is 3.72. The Hall–Kier alpha value is -2.91. The number of piperazine rings is 1.